The zero-order valence-electron chi connectivity index (χ0n) is 43.4. The lowest BCUT2D eigenvalue weighted by Crippen LogP contribution is -2.61. The smallest absolute Gasteiger partial charge is 0.394 e. The van der Waals surface area contributed by atoms with Crippen molar-refractivity contribution in [2.45, 2.75) is 307 Å². The first-order valence-electron chi connectivity index (χ1n) is 28.2. The third kappa shape index (κ3) is 37.4. The maximum absolute atomic E-state index is 13.1. The van der Waals surface area contributed by atoms with Crippen LogP contribution in [0.25, 0.3) is 0 Å². The first-order chi connectivity index (χ1) is 33.0. The van der Waals surface area contributed by atoms with E-state index in [1.165, 1.54) is 199 Å². The lowest BCUT2D eigenvalue weighted by atomic mass is 9.99. The summed E-state index contributed by atoms with van der Waals surface area (Å²) in [6.07, 6.45) is 46.6. The zero-order chi connectivity index (χ0) is 49.8. The summed E-state index contributed by atoms with van der Waals surface area (Å²) in [5.74, 6) is -0.261. The topological polar surface area (TPSA) is 192 Å². The molecule has 0 aromatic carbocycles. The van der Waals surface area contributed by atoms with Gasteiger partial charge in [-0.3, -0.25) is 9.35 Å². The molecule has 0 radical (unpaired) electrons. The SMILES string of the molecule is CCCCCCCCCCCCC/C=C/C(O)C(COC1OC(CO)C(O)C(OS(=O)(=O)O)C1O)NC(=O)CCCCCCCCCCCCCC/C=C\CCCCCCCCCCCCCC. The summed E-state index contributed by atoms with van der Waals surface area (Å²) < 4.78 is 47.7. The van der Waals surface area contributed by atoms with Crippen molar-refractivity contribution >= 4 is 16.3 Å². The summed E-state index contributed by atoms with van der Waals surface area (Å²) in [7, 11) is -5.09. The van der Waals surface area contributed by atoms with Gasteiger partial charge in [-0.15, -0.1) is 0 Å². The van der Waals surface area contributed by atoms with Gasteiger partial charge in [0.05, 0.1) is 25.4 Å². The lowest BCUT2D eigenvalue weighted by molar-refractivity contribution is -0.298. The van der Waals surface area contributed by atoms with Crippen LogP contribution >= 0.6 is 0 Å². The number of aliphatic hydroxyl groups is 4. The molecule has 1 heterocycles. The van der Waals surface area contributed by atoms with E-state index in [4.69, 9.17) is 9.47 Å². The fraction of sp³-hybridized carbons (Fsp3) is 0.909. The molecule has 1 aliphatic rings. The highest BCUT2D eigenvalue weighted by atomic mass is 32.3. The highest BCUT2D eigenvalue weighted by Gasteiger charge is 2.48. The van der Waals surface area contributed by atoms with Crippen molar-refractivity contribution in [3.63, 3.8) is 0 Å². The highest BCUT2D eigenvalue weighted by Crippen LogP contribution is 2.26. The van der Waals surface area contributed by atoms with E-state index < -0.39 is 59.9 Å². The predicted molar refractivity (Wildman–Crippen MR) is 278 cm³/mol. The van der Waals surface area contributed by atoms with Crippen LogP contribution in [0.1, 0.15) is 264 Å². The molecular formula is C55H105NO11S. The molecule has 1 rings (SSSR count). The number of hydrogen-bond acceptors (Lipinski definition) is 10. The summed E-state index contributed by atoms with van der Waals surface area (Å²) in [6.45, 7) is 3.41. The van der Waals surface area contributed by atoms with Crippen molar-refractivity contribution in [2.24, 2.45) is 0 Å². The second kappa shape index (κ2) is 45.4. The fourth-order valence-corrected chi connectivity index (χ4v) is 9.61. The first-order valence-corrected chi connectivity index (χ1v) is 29.6. The van der Waals surface area contributed by atoms with Gasteiger partial charge in [0.2, 0.25) is 5.91 Å². The number of ether oxygens (including phenoxy) is 2. The molecule has 0 spiro atoms. The number of aliphatic hydroxyl groups excluding tert-OH is 4. The van der Waals surface area contributed by atoms with E-state index >= 15 is 0 Å². The lowest BCUT2D eigenvalue weighted by Gasteiger charge is -2.41. The molecule has 12 nitrogen and oxygen atoms in total. The minimum absolute atomic E-state index is 0.261. The predicted octanol–water partition coefficient (Wildman–Crippen LogP) is 12.8. The van der Waals surface area contributed by atoms with Crippen LogP contribution in [0.15, 0.2) is 24.3 Å². The Kier molecular flexibility index (Phi) is 43.2. The van der Waals surface area contributed by atoms with Gasteiger partial charge in [-0.2, -0.15) is 8.42 Å². The number of unbranched alkanes of at least 4 members (excludes halogenated alkanes) is 35. The Morgan fingerprint density at radius 1 is 0.574 bits per heavy atom. The van der Waals surface area contributed by atoms with Gasteiger partial charge in [-0.25, -0.2) is 4.18 Å². The number of hydrogen-bond donors (Lipinski definition) is 6. The average molecular weight is 989 g/mol. The van der Waals surface area contributed by atoms with Gasteiger partial charge in [-0.1, -0.05) is 237 Å². The van der Waals surface area contributed by atoms with Gasteiger partial charge in [0.1, 0.15) is 24.4 Å². The number of allylic oxidation sites excluding steroid dienone is 3. The van der Waals surface area contributed by atoms with E-state index in [0.717, 1.165) is 38.5 Å². The van der Waals surface area contributed by atoms with Crippen molar-refractivity contribution in [3.8, 4) is 0 Å². The molecule has 7 atom stereocenters. The molecule has 13 heteroatoms. The molecule has 402 valence electrons. The average Bonchev–Trinajstić information content (AvgIpc) is 3.31. The van der Waals surface area contributed by atoms with Gasteiger partial charge in [-0.05, 0) is 44.9 Å². The van der Waals surface area contributed by atoms with Gasteiger partial charge < -0.3 is 35.2 Å². The van der Waals surface area contributed by atoms with Gasteiger partial charge in [0.25, 0.3) is 0 Å². The molecule has 68 heavy (non-hydrogen) atoms. The first kappa shape index (κ1) is 64.6. The normalized spacial score (nSPS) is 19.9. The Balaban J connectivity index is 2.30. The van der Waals surface area contributed by atoms with Crippen molar-refractivity contribution < 1.29 is 51.8 Å². The van der Waals surface area contributed by atoms with Crippen LogP contribution in [0.4, 0.5) is 0 Å². The van der Waals surface area contributed by atoms with Crippen LogP contribution in [0.3, 0.4) is 0 Å². The molecule has 7 unspecified atom stereocenters. The van der Waals surface area contributed by atoms with E-state index in [2.05, 4.69) is 35.5 Å². The van der Waals surface area contributed by atoms with Gasteiger partial charge >= 0.3 is 10.4 Å². The molecule has 1 amide bonds. The van der Waals surface area contributed by atoms with Gasteiger partial charge in [0, 0.05) is 6.42 Å². The Labute approximate surface area is 416 Å². The molecule has 0 aromatic heterocycles. The monoisotopic (exact) mass is 988 g/mol. The maximum Gasteiger partial charge on any atom is 0.397 e. The summed E-state index contributed by atoms with van der Waals surface area (Å²) >= 11 is 0. The van der Waals surface area contributed by atoms with Crippen molar-refractivity contribution in [1.82, 2.24) is 5.32 Å². The third-order valence-corrected chi connectivity index (χ3v) is 13.9. The molecular weight excluding hydrogens is 883 g/mol. The van der Waals surface area contributed by atoms with E-state index in [0.29, 0.717) is 6.42 Å². The molecule has 0 saturated carbocycles. The molecule has 1 aliphatic heterocycles. The molecule has 0 bridgehead atoms. The Bertz CT molecular complexity index is 1300. The number of carbonyl (C=O) groups excluding carboxylic acids is 1. The summed E-state index contributed by atoms with van der Waals surface area (Å²) in [4.78, 5) is 13.1. The van der Waals surface area contributed by atoms with Crippen LogP contribution in [0, 0.1) is 0 Å². The van der Waals surface area contributed by atoms with Crippen LogP contribution in [0.5, 0.6) is 0 Å². The highest BCUT2D eigenvalue weighted by molar-refractivity contribution is 7.80. The Hall–Kier alpha value is -1.42. The number of rotatable bonds is 49. The number of amides is 1. The summed E-state index contributed by atoms with van der Waals surface area (Å²) in [5.41, 5.74) is 0. The van der Waals surface area contributed by atoms with Crippen molar-refractivity contribution in [2.75, 3.05) is 13.2 Å². The quantitative estimate of drug-likeness (QED) is 0.0193. The number of carbonyl (C=O) groups is 1. The summed E-state index contributed by atoms with van der Waals surface area (Å²) in [6, 6.07) is -0.942. The minimum atomic E-state index is -5.09. The van der Waals surface area contributed by atoms with Crippen LogP contribution in [0.2, 0.25) is 0 Å². The van der Waals surface area contributed by atoms with Gasteiger partial charge in [0.15, 0.2) is 6.29 Å². The zero-order valence-corrected chi connectivity index (χ0v) is 44.3. The van der Waals surface area contributed by atoms with E-state index in [-0.39, 0.29) is 18.9 Å². The van der Waals surface area contributed by atoms with Crippen LogP contribution in [-0.2, 0) is 28.9 Å². The van der Waals surface area contributed by atoms with E-state index in [1.807, 2.05) is 6.08 Å². The second-order valence-electron chi connectivity index (χ2n) is 19.9. The Morgan fingerprint density at radius 3 is 1.32 bits per heavy atom. The molecule has 0 aromatic rings. The van der Waals surface area contributed by atoms with E-state index in [9.17, 15) is 38.2 Å². The minimum Gasteiger partial charge on any atom is -0.394 e. The Morgan fingerprint density at radius 2 is 0.941 bits per heavy atom. The molecule has 1 saturated heterocycles. The third-order valence-electron chi connectivity index (χ3n) is 13.5. The standard InChI is InChI=1S/C55H105NO11S/c1-3-5-7-9-11-13-15-17-18-19-20-21-22-23-24-25-26-27-28-29-30-31-33-35-37-39-41-43-45-51(59)56-48(49(58)44-42-40-38-36-34-32-16-14-12-10-8-6-4-2)47-65-55-53(61)54(67-68(62,63)64)52(60)50(46-57)66-55/h23-24,42,44,48-50,52-55,57-58,60-61H,3-22,25-41,43,45-47H2,1-2H3,(H,56,59)(H,62,63,64)/b24-23-,44-42+. The van der Waals surface area contributed by atoms with Crippen molar-refractivity contribution in [1.29, 1.82) is 0 Å². The second-order valence-corrected chi connectivity index (χ2v) is 20.9. The molecule has 6 N–H and O–H groups in total. The van der Waals surface area contributed by atoms with Crippen LogP contribution < -0.4 is 5.32 Å². The fourth-order valence-electron chi connectivity index (χ4n) is 9.10. The van der Waals surface area contributed by atoms with Crippen molar-refractivity contribution in [3.05, 3.63) is 24.3 Å². The van der Waals surface area contributed by atoms with Crippen LogP contribution in [-0.4, -0.2) is 95.4 Å². The largest absolute Gasteiger partial charge is 0.397 e. The summed E-state index contributed by atoms with van der Waals surface area (Å²) in [5, 5.41) is 44.8. The molecule has 1 fully saturated rings. The van der Waals surface area contributed by atoms with E-state index in [1.54, 1.807) is 6.08 Å². The maximum atomic E-state index is 13.1. The number of nitrogens with one attached hydrogen (secondary N) is 1. The molecule has 0 aliphatic carbocycles.